The third-order valence-electron chi connectivity index (χ3n) is 3.28. The summed E-state index contributed by atoms with van der Waals surface area (Å²) in [4.78, 5) is 11.1. The van der Waals surface area contributed by atoms with Crippen molar-refractivity contribution in [1.29, 1.82) is 0 Å². The molecule has 0 saturated carbocycles. The van der Waals surface area contributed by atoms with Crippen molar-refractivity contribution in [3.05, 3.63) is 35.0 Å². The monoisotopic (exact) mass is 261 g/mol. The molecule has 0 aliphatic carbocycles. The van der Waals surface area contributed by atoms with Gasteiger partial charge in [-0.25, -0.2) is 4.79 Å². The van der Waals surface area contributed by atoms with Gasteiger partial charge in [-0.2, -0.15) is 0 Å². The van der Waals surface area contributed by atoms with E-state index in [1.807, 2.05) is 13.1 Å². The van der Waals surface area contributed by atoms with Crippen LogP contribution in [0, 0.1) is 6.92 Å². The van der Waals surface area contributed by atoms with Gasteiger partial charge in [-0.1, -0.05) is 0 Å². The van der Waals surface area contributed by atoms with Gasteiger partial charge in [0, 0.05) is 24.7 Å². The second kappa shape index (κ2) is 5.42. The zero-order valence-corrected chi connectivity index (χ0v) is 11.0. The topological polar surface area (TPSA) is 94.3 Å². The summed E-state index contributed by atoms with van der Waals surface area (Å²) in [5, 5.41) is 10.1. The van der Waals surface area contributed by atoms with E-state index in [1.165, 1.54) is 0 Å². The van der Waals surface area contributed by atoms with Gasteiger partial charge < -0.3 is 21.1 Å². The van der Waals surface area contributed by atoms with Crippen LogP contribution in [0.25, 0.3) is 10.9 Å². The molecule has 0 atom stereocenters. The highest BCUT2D eigenvalue weighted by molar-refractivity contribution is 5.96. The van der Waals surface area contributed by atoms with Gasteiger partial charge in [-0.15, -0.1) is 0 Å². The molecular formula is C14H19N3O2. The number of carboxylic acids is 1. The second-order valence-electron chi connectivity index (χ2n) is 4.67. The first-order valence-electron chi connectivity index (χ1n) is 6.34. The highest BCUT2D eigenvalue weighted by Gasteiger charge is 2.14. The molecule has 1 heterocycles. The Labute approximate surface area is 111 Å². The van der Waals surface area contributed by atoms with Crippen LogP contribution < -0.4 is 11.5 Å². The van der Waals surface area contributed by atoms with Crippen LogP contribution in [0.3, 0.4) is 0 Å². The van der Waals surface area contributed by atoms with Crippen LogP contribution in [0.4, 0.5) is 0 Å². The molecule has 2 rings (SSSR count). The van der Waals surface area contributed by atoms with Crippen molar-refractivity contribution >= 4 is 16.9 Å². The molecular weight excluding hydrogens is 242 g/mol. The Morgan fingerprint density at radius 3 is 2.63 bits per heavy atom. The Morgan fingerprint density at radius 1 is 1.32 bits per heavy atom. The lowest BCUT2D eigenvalue weighted by Crippen LogP contribution is -2.09. The van der Waals surface area contributed by atoms with Gasteiger partial charge in [0.25, 0.3) is 0 Å². The number of rotatable bonds is 5. The van der Waals surface area contributed by atoms with E-state index >= 15 is 0 Å². The number of nitrogens with zero attached hydrogens (tertiary/aromatic N) is 1. The molecule has 0 radical (unpaired) electrons. The van der Waals surface area contributed by atoms with Crippen LogP contribution in [0.15, 0.2) is 18.3 Å². The molecule has 0 saturated heterocycles. The lowest BCUT2D eigenvalue weighted by Gasteiger charge is -2.07. The standard InChI is InChI=1S/C14H19N3O2/c1-9-6-11(14(18)19)7-12-10(2-3-15)8-17(5-4-16)13(9)12/h6-8H,2-5,15-16H2,1H3,(H,18,19). The van der Waals surface area contributed by atoms with Gasteiger partial charge in [0.2, 0.25) is 0 Å². The smallest absolute Gasteiger partial charge is 0.335 e. The molecule has 5 N–H and O–H groups in total. The lowest BCUT2D eigenvalue weighted by atomic mass is 10.0. The van der Waals surface area contributed by atoms with Crippen molar-refractivity contribution < 1.29 is 9.90 Å². The molecule has 2 aromatic rings. The van der Waals surface area contributed by atoms with Gasteiger partial charge in [0.15, 0.2) is 0 Å². The fourth-order valence-corrected chi connectivity index (χ4v) is 2.52. The number of aryl methyl sites for hydroxylation is 1. The molecule has 0 bridgehead atoms. The maximum Gasteiger partial charge on any atom is 0.335 e. The van der Waals surface area contributed by atoms with Crippen LogP contribution >= 0.6 is 0 Å². The van der Waals surface area contributed by atoms with Gasteiger partial charge >= 0.3 is 5.97 Å². The van der Waals surface area contributed by atoms with Gasteiger partial charge in [-0.3, -0.25) is 0 Å². The highest BCUT2D eigenvalue weighted by atomic mass is 16.4. The summed E-state index contributed by atoms with van der Waals surface area (Å²) in [6, 6.07) is 3.42. The number of hydrogen-bond acceptors (Lipinski definition) is 3. The summed E-state index contributed by atoms with van der Waals surface area (Å²) in [6.45, 7) is 3.73. The predicted octanol–water partition coefficient (Wildman–Crippen LogP) is 1.11. The zero-order chi connectivity index (χ0) is 14.0. The largest absolute Gasteiger partial charge is 0.478 e. The number of carbonyl (C=O) groups is 1. The summed E-state index contributed by atoms with van der Waals surface area (Å²) in [5.41, 5.74) is 14.6. The maximum atomic E-state index is 11.1. The minimum atomic E-state index is -0.907. The van der Waals surface area contributed by atoms with Crippen LogP contribution in [0.2, 0.25) is 0 Å². The number of fused-ring (bicyclic) bond motifs is 1. The molecule has 0 amide bonds. The minimum absolute atomic E-state index is 0.314. The SMILES string of the molecule is Cc1cc(C(=O)O)cc2c(CCN)cn(CCN)c12. The van der Waals surface area contributed by atoms with E-state index in [-0.39, 0.29) is 0 Å². The summed E-state index contributed by atoms with van der Waals surface area (Å²) in [5.74, 6) is -0.907. The normalized spacial score (nSPS) is 11.1. The van der Waals surface area contributed by atoms with Crippen LogP contribution in [0.1, 0.15) is 21.5 Å². The first-order valence-corrected chi connectivity index (χ1v) is 6.34. The molecule has 0 aliphatic rings. The Morgan fingerprint density at radius 2 is 2.05 bits per heavy atom. The molecule has 0 unspecified atom stereocenters. The van der Waals surface area contributed by atoms with Crippen molar-refractivity contribution in [3.8, 4) is 0 Å². The summed E-state index contributed by atoms with van der Waals surface area (Å²) in [7, 11) is 0. The third-order valence-corrected chi connectivity index (χ3v) is 3.28. The Balaban J connectivity index is 2.70. The second-order valence-corrected chi connectivity index (χ2v) is 4.67. The van der Waals surface area contributed by atoms with Gasteiger partial charge in [-0.05, 0) is 43.1 Å². The van der Waals surface area contributed by atoms with E-state index in [4.69, 9.17) is 16.6 Å². The van der Waals surface area contributed by atoms with Crippen molar-refractivity contribution in [2.24, 2.45) is 11.5 Å². The number of nitrogens with two attached hydrogens (primary N) is 2. The molecule has 5 heteroatoms. The van der Waals surface area contributed by atoms with E-state index in [1.54, 1.807) is 12.1 Å². The predicted molar refractivity (Wildman–Crippen MR) is 75.4 cm³/mol. The van der Waals surface area contributed by atoms with Crippen LogP contribution in [-0.2, 0) is 13.0 Å². The molecule has 0 spiro atoms. The quantitative estimate of drug-likeness (QED) is 0.751. The van der Waals surface area contributed by atoms with E-state index < -0.39 is 5.97 Å². The average molecular weight is 261 g/mol. The van der Waals surface area contributed by atoms with Crippen molar-refractivity contribution in [2.75, 3.05) is 13.1 Å². The van der Waals surface area contributed by atoms with E-state index in [9.17, 15) is 4.79 Å². The first-order chi connectivity index (χ1) is 9.08. The minimum Gasteiger partial charge on any atom is -0.478 e. The maximum absolute atomic E-state index is 11.1. The highest BCUT2D eigenvalue weighted by Crippen LogP contribution is 2.26. The Kier molecular flexibility index (Phi) is 3.87. The average Bonchev–Trinajstić information content (AvgIpc) is 2.69. The van der Waals surface area contributed by atoms with Crippen LogP contribution in [-0.4, -0.2) is 28.7 Å². The molecule has 0 fully saturated rings. The number of aromatic carboxylic acids is 1. The molecule has 1 aromatic heterocycles. The van der Waals surface area contributed by atoms with Crippen molar-refractivity contribution in [1.82, 2.24) is 4.57 Å². The summed E-state index contributed by atoms with van der Waals surface area (Å²) in [6.07, 6.45) is 2.76. The molecule has 19 heavy (non-hydrogen) atoms. The van der Waals surface area contributed by atoms with Crippen molar-refractivity contribution in [3.63, 3.8) is 0 Å². The van der Waals surface area contributed by atoms with E-state index in [0.717, 1.165) is 28.5 Å². The summed E-state index contributed by atoms with van der Waals surface area (Å²) >= 11 is 0. The van der Waals surface area contributed by atoms with Gasteiger partial charge in [0.1, 0.15) is 0 Å². The Hall–Kier alpha value is -1.85. The van der Waals surface area contributed by atoms with E-state index in [2.05, 4.69) is 4.57 Å². The first kappa shape index (κ1) is 13.6. The van der Waals surface area contributed by atoms with E-state index in [0.29, 0.717) is 25.2 Å². The lowest BCUT2D eigenvalue weighted by molar-refractivity contribution is 0.0697. The zero-order valence-electron chi connectivity index (χ0n) is 11.0. The van der Waals surface area contributed by atoms with Gasteiger partial charge in [0.05, 0.1) is 11.1 Å². The molecule has 5 nitrogen and oxygen atoms in total. The number of hydrogen-bond donors (Lipinski definition) is 3. The molecule has 1 aromatic carbocycles. The van der Waals surface area contributed by atoms with Crippen molar-refractivity contribution in [2.45, 2.75) is 19.9 Å². The fraction of sp³-hybridized carbons (Fsp3) is 0.357. The molecule has 102 valence electrons. The Bertz CT molecular complexity index is 617. The number of aromatic nitrogens is 1. The van der Waals surface area contributed by atoms with Crippen LogP contribution in [0.5, 0.6) is 0 Å². The summed E-state index contributed by atoms with van der Waals surface area (Å²) < 4.78 is 2.08. The molecule has 0 aliphatic heterocycles. The third kappa shape index (κ3) is 2.47. The number of benzene rings is 1. The fourth-order valence-electron chi connectivity index (χ4n) is 2.52. The number of carboxylic acid groups (broad SMARTS) is 1.